The van der Waals surface area contributed by atoms with Gasteiger partial charge in [0.2, 0.25) is 0 Å². The molecule has 0 saturated heterocycles. The van der Waals surface area contributed by atoms with E-state index in [0.717, 1.165) is 9.08 Å². The van der Waals surface area contributed by atoms with Crippen LogP contribution in [0.25, 0.3) is 0 Å². The van der Waals surface area contributed by atoms with E-state index in [0.29, 0.717) is 0 Å². The van der Waals surface area contributed by atoms with Crippen LogP contribution in [0, 0.1) is 0 Å². The Hall–Kier alpha value is 0.170. The maximum absolute atomic E-state index is 4.21. The van der Waals surface area contributed by atoms with Gasteiger partial charge in [-0.05, 0) is 52.6 Å². The monoisotopic (exact) mass is 280 g/mol. The molecule has 0 aliphatic heterocycles. The van der Waals surface area contributed by atoms with Gasteiger partial charge < -0.3 is 0 Å². The number of halogens is 2. The summed E-state index contributed by atoms with van der Waals surface area (Å²) >= 11 is 6.82. The first-order chi connectivity index (χ1) is 4.93. The highest BCUT2D eigenvalue weighted by Gasteiger charge is 2.17. The summed E-state index contributed by atoms with van der Waals surface area (Å²) in [7, 11) is 0. The Morgan fingerprint density at radius 1 is 1.36 bits per heavy atom. The van der Waals surface area contributed by atoms with Gasteiger partial charge in [-0.25, -0.2) is 0 Å². The summed E-state index contributed by atoms with van der Waals surface area (Å²) in [5, 5.41) is 4.21. The van der Waals surface area contributed by atoms with Crippen LogP contribution in [-0.4, -0.2) is 9.78 Å². The number of hydrogen-bond acceptors (Lipinski definition) is 1. The SMILES string of the molecule is CC(C)(C)n1ncc(Br)c1Br. The van der Waals surface area contributed by atoms with Crippen LogP contribution in [0.1, 0.15) is 20.8 Å². The zero-order chi connectivity index (χ0) is 8.65. The highest BCUT2D eigenvalue weighted by Crippen LogP contribution is 2.27. The Morgan fingerprint density at radius 2 is 1.91 bits per heavy atom. The van der Waals surface area contributed by atoms with Crippen molar-refractivity contribution in [3.63, 3.8) is 0 Å². The maximum atomic E-state index is 4.21. The highest BCUT2D eigenvalue weighted by molar-refractivity contribution is 9.13. The van der Waals surface area contributed by atoms with Gasteiger partial charge in [0.1, 0.15) is 4.60 Å². The quantitative estimate of drug-likeness (QED) is 0.714. The van der Waals surface area contributed by atoms with Crippen LogP contribution in [0.5, 0.6) is 0 Å². The second-order valence-electron chi connectivity index (χ2n) is 3.37. The molecule has 0 unspecified atom stereocenters. The second kappa shape index (κ2) is 2.90. The predicted molar refractivity (Wildman–Crippen MR) is 52.6 cm³/mol. The first-order valence-corrected chi connectivity index (χ1v) is 4.91. The molecule has 0 fully saturated rings. The number of nitrogens with zero attached hydrogens (tertiary/aromatic N) is 2. The predicted octanol–water partition coefficient (Wildman–Crippen LogP) is 3.16. The molecule has 0 spiro atoms. The standard InChI is InChI=1S/C7H10Br2N2/c1-7(2,3)11-6(9)5(8)4-10-11/h4H,1-3H3. The Labute approximate surface area is 83.2 Å². The molecule has 0 atom stereocenters. The van der Waals surface area contributed by atoms with E-state index in [2.05, 4.69) is 57.7 Å². The van der Waals surface area contributed by atoms with Gasteiger partial charge in [-0.15, -0.1) is 0 Å². The van der Waals surface area contributed by atoms with E-state index in [4.69, 9.17) is 0 Å². The van der Waals surface area contributed by atoms with Crippen LogP contribution in [0.3, 0.4) is 0 Å². The normalized spacial score (nSPS) is 12.1. The topological polar surface area (TPSA) is 17.8 Å². The van der Waals surface area contributed by atoms with Crippen molar-refractivity contribution in [1.82, 2.24) is 9.78 Å². The summed E-state index contributed by atoms with van der Waals surface area (Å²) in [6.07, 6.45) is 1.79. The van der Waals surface area contributed by atoms with E-state index in [1.54, 1.807) is 6.20 Å². The van der Waals surface area contributed by atoms with Gasteiger partial charge in [-0.2, -0.15) is 5.10 Å². The zero-order valence-corrected chi connectivity index (χ0v) is 9.90. The number of hydrogen-bond donors (Lipinski definition) is 0. The van der Waals surface area contributed by atoms with Gasteiger partial charge >= 0.3 is 0 Å². The van der Waals surface area contributed by atoms with E-state index in [9.17, 15) is 0 Å². The van der Waals surface area contributed by atoms with E-state index in [-0.39, 0.29) is 5.54 Å². The minimum absolute atomic E-state index is 0.0326. The van der Waals surface area contributed by atoms with Crippen LogP contribution in [0.15, 0.2) is 15.3 Å². The fourth-order valence-corrected chi connectivity index (χ4v) is 1.77. The lowest BCUT2D eigenvalue weighted by Gasteiger charge is -2.20. The van der Waals surface area contributed by atoms with Crippen molar-refractivity contribution in [1.29, 1.82) is 0 Å². The maximum Gasteiger partial charge on any atom is 0.118 e. The molecule has 0 N–H and O–H groups in total. The largest absolute Gasteiger partial charge is 0.252 e. The fraction of sp³-hybridized carbons (Fsp3) is 0.571. The highest BCUT2D eigenvalue weighted by atomic mass is 79.9. The summed E-state index contributed by atoms with van der Waals surface area (Å²) in [5.41, 5.74) is 0.0326. The molecule has 0 aliphatic rings. The molecular weight excluding hydrogens is 272 g/mol. The minimum atomic E-state index is 0.0326. The molecule has 0 aliphatic carbocycles. The van der Waals surface area contributed by atoms with Gasteiger partial charge in [-0.1, -0.05) is 0 Å². The fourth-order valence-electron chi connectivity index (χ4n) is 0.781. The molecule has 4 heteroatoms. The van der Waals surface area contributed by atoms with Crippen LogP contribution >= 0.6 is 31.9 Å². The third-order valence-electron chi connectivity index (χ3n) is 1.30. The molecule has 1 heterocycles. The van der Waals surface area contributed by atoms with Crippen molar-refractivity contribution in [2.45, 2.75) is 26.3 Å². The zero-order valence-electron chi connectivity index (χ0n) is 6.73. The van der Waals surface area contributed by atoms with E-state index in [1.807, 2.05) is 4.68 Å². The molecule has 11 heavy (non-hydrogen) atoms. The third kappa shape index (κ3) is 1.85. The molecule has 1 aromatic rings. The van der Waals surface area contributed by atoms with Crippen LogP contribution in [-0.2, 0) is 5.54 Å². The summed E-state index contributed by atoms with van der Waals surface area (Å²) in [5.74, 6) is 0. The minimum Gasteiger partial charge on any atom is -0.252 e. The van der Waals surface area contributed by atoms with Gasteiger partial charge in [0.05, 0.1) is 16.2 Å². The van der Waals surface area contributed by atoms with Gasteiger partial charge in [0, 0.05) is 0 Å². The van der Waals surface area contributed by atoms with E-state index < -0.39 is 0 Å². The van der Waals surface area contributed by atoms with Crippen molar-refractivity contribution < 1.29 is 0 Å². The van der Waals surface area contributed by atoms with Crippen molar-refractivity contribution in [2.75, 3.05) is 0 Å². The number of rotatable bonds is 0. The van der Waals surface area contributed by atoms with Crippen molar-refractivity contribution in [3.05, 3.63) is 15.3 Å². The van der Waals surface area contributed by atoms with Crippen molar-refractivity contribution in [3.8, 4) is 0 Å². The second-order valence-corrected chi connectivity index (χ2v) is 4.97. The Bertz CT molecular complexity index is 260. The summed E-state index contributed by atoms with van der Waals surface area (Å²) in [4.78, 5) is 0. The molecule has 62 valence electrons. The lowest BCUT2D eigenvalue weighted by molar-refractivity contribution is 0.348. The van der Waals surface area contributed by atoms with Crippen LogP contribution < -0.4 is 0 Å². The molecule has 0 amide bonds. The first kappa shape index (κ1) is 9.26. The first-order valence-electron chi connectivity index (χ1n) is 3.32. The lowest BCUT2D eigenvalue weighted by Crippen LogP contribution is -2.23. The summed E-state index contributed by atoms with van der Waals surface area (Å²) in [6, 6.07) is 0. The molecule has 0 saturated carbocycles. The Kier molecular flexibility index (Phi) is 2.44. The average Bonchev–Trinajstić information content (AvgIpc) is 2.11. The molecule has 0 radical (unpaired) electrons. The lowest BCUT2D eigenvalue weighted by atomic mass is 10.1. The van der Waals surface area contributed by atoms with Gasteiger partial charge in [0.25, 0.3) is 0 Å². The molecule has 0 aromatic carbocycles. The van der Waals surface area contributed by atoms with Gasteiger partial charge in [-0.3, -0.25) is 4.68 Å². The van der Waals surface area contributed by atoms with Crippen LogP contribution in [0.2, 0.25) is 0 Å². The number of aromatic nitrogens is 2. The van der Waals surface area contributed by atoms with E-state index >= 15 is 0 Å². The Morgan fingerprint density at radius 3 is 2.09 bits per heavy atom. The molecule has 0 bridgehead atoms. The molecular formula is C7H10Br2N2. The molecule has 2 nitrogen and oxygen atoms in total. The third-order valence-corrected chi connectivity index (χ3v) is 3.18. The smallest absolute Gasteiger partial charge is 0.118 e. The van der Waals surface area contributed by atoms with E-state index in [1.165, 1.54) is 0 Å². The summed E-state index contributed by atoms with van der Waals surface area (Å²) in [6.45, 7) is 6.32. The van der Waals surface area contributed by atoms with Crippen molar-refractivity contribution in [2.24, 2.45) is 0 Å². The average molecular weight is 282 g/mol. The Balaban J connectivity index is 3.15. The van der Waals surface area contributed by atoms with Gasteiger partial charge in [0.15, 0.2) is 0 Å². The van der Waals surface area contributed by atoms with Crippen molar-refractivity contribution >= 4 is 31.9 Å². The summed E-state index contributed by atoms with van der Waals surface area (Å²) < 4.78 is 3.91. The van der Waals surface area contributed by atoms with Crippen LogP contribution in [0.4, 0.5) is 0 Å². The molecule has 1 rings (SSSR count). The molecule has 1 aromatic heterocycles.